The molecule has 0 saturated heterocycles. The molecule has 0 fully saturated rings. The predicted octanol–water partition coefficient (Wildman–Crippen LogP) is 5.40. The molecule has 1 N–H and O–H groups in total. The average molecular weight is 416 g/mol. The molecular formula is C19H18BrN3OS. The van der Waals surface area contributed by atoms with E-state index in [1.807, 2.05) is 38.1 Å². The van der Waals surface area contributed by atoms with E-state index in [0.717, 1.165) is 44.0 Å². The van der Waals surface area contributed by atoms with Crippen LogP contribution >= 0.6 is 27.3 Å². The second kappa shape index (κ2) is 7.45. The number of nitrogens with zero attached hydrogens (tertiary/aromatic N) is 2. The van der Waals surface area contributed by atoms with Gasteiger partial charge in [-0.2, -0.15) is 0 Å². The molecule has 4 nitrogen and oxygen atoms in total. The van der Waals surface area contributed by atoms with Crippen LogP contribution in [0.25, 0.3) is 10.6 Å². The van der Waals surface area contributed by atoms with Crippen molar-refractivity contribution in [3.63, 3.8) is 0 Å². The van der Waals surface area contributed by atoms with Gasteiger partial charge in [-0.3, -0.25) is 9.78 Å². The number of nitrogens with one attached hydrogen (secondary N) is 1. The Morgan fingerprint density at radius 1 is 1.32 bits per heavy atom. The predicted molar refractivity (Wildman–Crippen MR) is 106 cm³/mol. The number of benzene rings is 1. The van der Waals surface area contributed by atoms with E-state index < -0.39 is 0 Å². The monoisotopic (exact) mass is 415 g/mol. The second-order valence-electron chi connectivity index (χ2n) is 5.74. The van der Waals surface area contributed by atoms with E-state index in [4.69, 9.17) is 0 Å². The molecule has 0 aliphatic heterocycles. The SMILES string of the molecule is CCc1cc(Br)cc(C)c1NC(=O)c1sc(-c2cccnc2)nc1C. The second-order valence-corrected chi connectivity index (χ2v) is 7.65. The van der Waals surface area contributed by atoms with Gasteiger partial charge in [0.15, 0.2) is 0 Å². The van der Waals surface area contributed by atoms with E-state index in [1.165, 1.54) is 11.3 Å². The molecule has 0 radical (unpaired) electrons. The van der Waals surface area contributed by atoms with Crippen molar-refractivity contribution >= 4 is 38.9 Å². The van der Waals surface area contributed by atoms with E-state index in [-0.39, 0.29) is 5.91 Å². The molecule has 2 heterocycles. The highest BCUT2D eigenvalue weighted by Gasteiger charge is 2.18. The van der Waals surface area contributed by atoms with Crippen molar-refractivity contribution < 1.29 is 4.79 Å². The third kappa shape index (κ3) is 3.80. The van der Waals surface area contributed by atoms with Crippen molar-refractivity contribution in [3.8, 4) is 10.6 Å². The normalized spacial score (nSPS) is 10.7. The van der Waals surface area contributed by atoms with Crippen molar-refractivity contribution in [1.29, 1.82) is 0 Å². The molecule has 1 amide bonds. The first-order chi connectivity index (χ1) is 12.0. The first kappa shape index (κ1) is 17.8. The molecule has 0 atom stereocenters. The van der Waals surface area contributed by atoms with Crippen LogP contribution in [0.15, 0.2) is 41.1 Å². The lowest BCUT2D eigenvalue weighted by Gasteiger charge is -2.13. The summed E-state index contributed by atoms with van der Waals surface area (Å²) in [5, 5.41) is 3.88. The fraction of sp³-hybridized carbons (Fsp3) is 0.211. The van der Waals surface area contributed by atoms with Crippen molar-refractivity contribution in [1.82, 2.24) is 9.97 Å². The number of anilines is 1. The molecule has 0 aliphatic rings. The molecule has 0 spiro atoms. The van der Waals surface area contributed by atoms with Gasteiger partial charge < -0.3 is 5.32 Å². The number of pyridine rings is 1. The van der Waals surface area contributed by atoms with Gasteiger partial charge in [0.25, 0.3) is 5.91 Å². The highest BCUT2D eigenvalue weighted by atomic mass is 79.9. The van der Waals surface area contributed by atoms with Gasteiger partial charge >= 0.3 is 0 Å². The lowest BCUT2D eigenvalue weighted by atomic mass is 10.1. The number of hydrogen-bond donors (Lipinski definition) is 1. The van der Waals surface area contributed by atoms with Gasteiger partial charge in [-0.15, -0.1) is 11.3 Å². The Hall–Kier alpha value is -2.05. The Kier molecular flexibility index (Phi) is 5.30. The van der Waals surface area contributed by atoms with Gasteiger partial charge in [0.05, 0.1) is 5.69 Å². The maximum atomic E-state index is 12.8. The molecular weight excluding hydrogens is 398 g/mol. The number of carbonyl (C=O) groups is 1. The number of hydrogen-bond acceptors (Lipinski definition) is 4. The van der Waals surface area contributed by atoms with E-state index in [9.17, 15) is 4.79 Å². The minimum absolute atomic E-state index is 0.120. The molecule has 0 aliphatic carbocycles. The Morgan fingerprint density at radius 3 is 2.80 bits per heavy atom. The number of amides is 1. The standard InChI is InChI=1S/C19H18BrN3OS/c1-4-13-9-15(20)8-11(2)16(13)23-18(24)17-12(3)22-19(25-17)14-6-5-7-21-10-14/h5-10H,4H2,1-3H3,(H,23,24). The van der Waals surface area contributed by atoms with Crippen LogP contribution in [0.4, 0.5) is 5.69 Å². The summed E-state index contributed by atoms with van der Waals surface area (Å²) >= 11 is 4.90. The Labute approximate surface area is 159 Å². The van der Waals surface area contributed by atoms with Gasteiger partial charge in [-0.05, 0) is 55.7 Å². The van der Waals surface area contributed by atoms with E-state index in [0.29, 0.717) is 4.88 Å². The molecule has 6 heteroatoms. The number of rotatable bonds is 4. The summed E-state index contributed by atoms with van der Waals surface area (Å²) in [5.41, 5.74) is 4.67. The highest BCUT2D eigenvalue weighted by molar-refractivity contribution is 9.10. The zero-order chi connectivity index (χ0) is 18.0. The number of aromatic nitrogens is 2. The largest absolute Gasteiger partial charge is 0.321 e. The van der Waals surface area contributed by atoms with Crippen LogP contribution in [0.5, 0.6) is 0 Å². The van der Waals surface area contributed by atoms with Crippen molar-refractivity contribution in [2.75, 3.05) is 5.32 Å². The topological polar surface area (TPSA) is 54.9 Å². The molecule has 0 bridgehead atoms. The quantitative estimate of drug-likeness (QED) is 0.620. The minimum atomic E-state index is -0.120. The highest BCUT2D eigenvalue weighted by Crippen LogP contribution is 2.30. The molecule has 3 aromatic rings. The van der Waals surface area contributed by atoms with Crippen LogP contribution in [-0.4, -0.2) is 15.9 Å². The van der Waals surface area contributed by atoms with Gasteiger partial charge in [0, 0.05) is 28.1 Å². The summed E-state index contributed by atoms with van der Waals surface area (Å²) < 4.78 is 1.02. The van der Waals surface area contributed by atoms with Gasteiger partial charge in [0.2, 0.25) is 0 Å². The maximum absolute atomic E-state index is 12.8. The molecule has 25 heavy (non-hydrogen) atoms. The lowest BCUT2D eigenvalue weighted by Crippen LogP contribution is -2.14. The molecule has 2 aromatic heterocycles. The smallest absolute Gasteiger partial charge is 0.267 e. The third-order valence-electron chi connectivity index (χ3n) is 3.91. The number of aryl methyl sites for hydroxylation is 3. The maximum Gasteiger partial charge on any atom is 0.267 e. The summed E-state index contributed by atoms with van der Waals surface area (Å²) in [7, 11) is 0. The summed E-state index contributed by atoms with van der Waals surface area (Å²) in [6.07, 6.45) is 4.33. The zero-order valence-corrected chi connectivity index (χ0v) is 16.7. The van der Waals surface area contributed by atoms with Crippen molar-refractivity contribution in [2.45, 2.75) is 27.2 Å². The van der Waals surface area contributed by atoms with E-state index >= 15 is 0 Å². The van der Waals surface area contributed by atoms with Crippen LogP contribution in [0, 0.1) is 13.8 Å². The van der Waals surface area contributed by atoms with Gasteiger partial charge in [-0.1, -0.05) is 22.9 Å². The first-order valence-electron chi connectivity index (χ1n) is 7.97. The minimum Gasteiger partial charge on any atom is -0.321 e. The van der Waals surface area contributed by atoms with Gasteiger partial charge in [-0.25, -0.2) is 4.98 Å². The summed E-state index contributed by atoms with van der Waals surface area (Å²) in [6.45, 7) is 5.94. The van der Waals surface area contributed by atoms with Crippen LogP contribution < -0.4 is 5.32 Å². The summed E-state index contributed by atoms with van der Waals surface area (Å²) in [5.74, 6) is -0.120. The van der Waals surface area contributed by atoms with Crippen LogP contribution in [0.1, 0.15) is 33.4 Å². The van der Waals surface area contributed by atoms with E-state index in [2.05, 4.69) is 38.1 Å². The fourth-order valence-corrected chi connectivity index (χ4v) is 4.23. The Bertz CT molecular complexity index is 922. The van der Waals surface area contributed by atoms with E-state index in [1.54, 1.807) is 12.4 Å². The Balaban J connectivity index is 1.92. The molecule has 0 saturated carbocycles. The van der Waals surface area contributed by atoms with Crippen molar-refractivity contribution in [2.24, 2.45) is 0 Å². The average Bonchev–Trinajstić information content (AvgIpc) is 2.99. The molecule has 128 valence electrons. The summed E-state index contributed by atoms with van der Waals surface area (Å²) in [4.78, 5) is 22.1. The molecule has 1 aromatic carbocycles. The van der Waals surface area contributed by atoms with Crippen LogP contribution in [0.3, 0.4) is 0 Å². The number of carbonyl (C=O) groups excluding carboxylic acids is 1. The first-order valence-corrected chi connectivity index (χ1v) is 9.58. The van der Waals surface area contributed by atoms with Crippen molar-refractivity contribution in [3.05, 3.63) is 62.8 Å². The fourth-order valence-electron chi connectivity index (χ4n) is 2.66. The van der Waals surface area contributed by atoms with Crippen LogP contribution in [-0.2, 0) is 6.42 Å². The lowest BCUT2D eigenvalue weighted by molar-refractivity contribution is 0.102. The van der Waals surface area contributed by atoms with Gasteiger partial charge in [0.1, 0.15) is 9.88 Å². The number of halogens is 1. The molecule has 3 rings (SSSR count). The third-order valence-corrected chi connectivity index (χ3v) is 5.58. The molecule has 0 unspecified atom stereocenters. The zero-order valence-electron chi connectivity index (χ0n) is 14.3. The van der Waals surface area contributed by atoms with Crippen LogP contribution in [0.2, 0.25) is 0 Å². The summed E-state index contributed by atoms with van der Waals surface area (Å²) in [6, 6.07) is 7.87. The Morgan fingerprint density at radius 2 is 2.12 bits per heavy atom. The number of thiazole rings is 1.